The van der Waals surface area contributed by atoms with Crippen molar-refractivity contribution in [2.75, 3.05) is 13.3 Å². The van der Waals surface area contributed by atoms with Crippen LogP contribution in [0.4, 0.5) is 9.18 Å². The topological polar surface area (TPSA) is 66.8 Å². The standard InChI is InChI=1S/C16H20FNO4/c1-11(14(19)7-8-17)15(20)18-13(10-22-16(18)21)9-12-5-3-2-4-6-12/h2-6,11,13-14,19H,7-10H2,1H3/t11?,13-,14?/m0/s1. The molecule has 1 aliphatic rings. The van der Waals surface area contributed by atoms with E-state index in [-0.39, 0.29) is 13.0 Å². The Morgan fingerprint density at radius 2 is 2.14 bits per heavy atom. The number of cyclic esters (lactones) is 1. The molecule has 1 N–H and O–H groups in total. The highest BCUT2D eigenvalue weighted by Gasteiger charge is 2.41. The van der Waals surface area contributed by atoms with Crippen LogP contribution in [0.3, 0.4) is 0 Å². The first-order valence-corrected chi connectivity index (χ1v) is 7.32. The minimum absolute atomic E-state index is 0.126. The molecule has 0 spiro atoms. The predicted molar refractivity (Wildman–Crippen MR) is 77.9 cm³/mol. The molecule has 3 atom stereocenters. The number of rotatable bonds is 6. The van der Waals surface area contributed by atoms with Gasteiger partial charge in [0.25, 0.3) is 0 Å². The van der Waals surface area contributed by atoms with Crippen molar-refractivity contribution in [1.82, 2.24) is 4.90 Å². The Morgan fingerprint density at radius 1 is 1.45 bits per heavy atom. The summed E-state index contributed by atoms with van der Waals surface area (Å²) >= 11 is 0. The normalized spacial score (nSPS) is 20.6. The highest BCUT2D eigenvalue weighted by atomic mass is 19.1. The van der Waals surface area contributed by atoms with Gasteiger partial charge in [-0.25, -0.2) is 9.69 Å². The van der Waals surface area contributed by atoms with Gasteiger partial charge in [0.15, 0.2) is 0 Å². The maximum atomic E-state index is 12.4. The third kappa shape index (κ3) is 3.62. The number of hydrogen-bond donors (Lipinski definition) is 1. The Bertz CT molecular complexity index is 522. The summed E-state index contributed by atoms with van der Waals surface area (Å²) in [4.78, 5) is 25.3. The molecule has 0 radical (unpaired) electrons. The molecule has 5 nitrogen and oxygen atoms in total. The molecule has 1 aromatic carbocycles. The van der Waals surface area contributed by atoms with E-state index in [4.69, 9.17) is 4.74 Å². The number of imide groups is 1. The van der Waals surface area contributed by atoms with Crippen LogP contribution in [0.2, 0.25) is 0 Å². The lowest BCUT2D eigenvalue weighted by Gasteiger charge is -2.25. The van der Waals surface area contributed by atoms with Crippen LogP contribution in [0, 0.1) is 5.92 Å². The predicted octanol–water partition coefficient (Wildman–Crippen LogP) is 1.93. The molecule has 0 aliphatic carbocycles. The number of ether oxygens (including phenoxy) is 1. The van der Waals surface area contributed by atoms with E-state index in [0.29, 0.717) is 6.42 Å². The average Bonchev–Trinajstić information content (AvgIpc) is 2.87. The van der Waals surface area contributed by atoms with Gasteiger partial charge in [-0.2, -0.15) is 0 Å². The number of amides is 2. The Kier molecular flexibility index (Phi) is 5.49. The van der Waals surface area contributed by atoms with Crippen LogP contribution in [0.15, 0.2) is 30.3 Å². The molecule has 1 fully saturated rings. The van der Waals surface area contributed by atoms with E-state index in [0.717, 1.165) is 10.5 Å². The summed E-state index contributed by atoms with van der Waals surface area (Å²) in [5.74, 6) is -1.37. The van der Waals surface area contributed by atoms with Crippen LogP contribution in [-0.4, -0.2) is 47.4 Å². The van der Waals surface area contributed by atoms with E-state index in [1.165, 1.54) is 6.92 Å². The molecule has 120 valence electrons. The maximum Gasteiger partial charge on any atom is 0.416 e. The monoisotopic (exact) mass is 309 g/mol. The summed E-state index contributed by atoms with van der Waals surface area (Å²) in [6.45, 7) is 0.913. The van der Waals surface area contributed by atoms with Crippen molar-refractivity contribution >= 4 is 12.0 Å². The number of nitrogens with zero attached hydrogens (tertiary/aromatic N) is 1. The minimum atomic E-state index is -1.11. The summed E-state index contributed by atoms with van der Waals surface area (Å²) in [5, 5.41) is 9.77. The fraction of sp³-hybridized carbons (Fsp3) is 0.500. The van der Waals surface area contributed by atoms with Crippen molar-refractivity contribution in [3.63, 3.8) is 0 Å². The first kappa shape index (κ1) is 16.4. The number of aliphatic hydroxyl groups is 1. The van der Waals surface area contributed by atoms with Crippen LogP contribution in [-0.2, 0) is 16.0 Å². The molecule has 1 saturated heterocycles. The third-order valence-electron chi connectivity index (χ3n) is 3.88. The summed E-state index contributed by atoms with van der Waals surface area (Å²) in [5.41, 5.74) is 0.987. The van der Waals surface area contributed by atoms with Gasteiger partial charge in [-0.05, 0) is 12.0 Å². The molecule has 1 heterocycles. The average molecular weight is 309 g/mol. The SMILES string of the molecule is CC(C(=O)N1C(=O)OC[C@@H]1Cc1ccccc1)C(O)CCF. The van der Waals surface area contributed by atoms with E-state index in [2.05, 4.69) is 0 Å². The molecular formula is C16H20FNO4. The van der Waals surface area contributed by atoms with Gasteiger partial charge in [0.1, 0.15) is 6.61 Å². The van der Waals surface area contributed by atoms with Crippen LogP contribution < -0.4 is 0 Å². The Morgan fingerprint density at radius 3 is 2.77 bits per heavy atom. The lowest BCUT2D eigenvalue weighted by molar-refractivity contribution is -0.136. The largest absolute Gasteiger partial charge is 0.447 e. The number of aliphatic hydroxyl groups excluding tert-OH is 1. The zero-order valence-corrected chi connectivity index (χ0v) is 12.4. The molecule has 1 aromatic rings. The molecule has 0 aromatic heterocycles. The quantitative estimate of drug-likeness (QED) is 0.872. The summed E-state index contributed by atoms with van der Waals surface area (Å²) in [6, 6.07) is 9.07. The Hall–Kier alpha value is -1.95. The van der Waals surface area contributed by atoms with E-state index >= 15 is 0 Å². The van der Waals surface area contributed by atoms with Gasteiger partial charge >= 0.3 is 6.09 Å². The fourth-order valence-electron chi connectivity index (χ4n) is 2.51. The zero-order chi connectivity index (χ0) is 16.1. The molecule has 6 heteroatoms. The summed E-state index contributed by atoms with van der Waals surface area (Å²) in [7, 11) is 0. The van der Waals surface area contributed by atoms with Crippen LogP contribution in [0.1, 0.15) is 18.9 Å². The molecule has 2 unspecified atom stereocenters. The van der Waals surface area contributed by atoms with Gasteiger partial charge in [-0.15, -0.1) is 0 Å². The second-order valence-electron chi connectivity index (χ2n) is 5.46. The first-order chi connectivity index (χ1) is 10.5. The molecule has 0 bridgehead atoms. The highest BCUT2D eigenvalue weighted by Crippen LogP contribution is 2.21. The first-order valence-electron chi connectivity index (χ1n) is 7.32. The van der Waals surface area contributed by atoms with E-state index < -0.39 is 36.7 Å². The summed E-state index contributed by atoms with van der Waals surface area (Å²) < 4.78 is 17.3. The van der Waals surface area contributed by atoms with Crippen molar-refractivity contribution < 1.29 is 23.8 Å². The minimum Gasteiger partial charge on any atom is -0.447 e. The number of carbonyl (C=O) groups is 2. The lowest BCUT2D eigenvalue weighted by atomic mass is 9.99. The number of benzene rings is 1. The van der Waals surface area contributed by atoms with Crippen molar-refractivity contribution in [1.29, 1.82) is 0 Å². The molecule has 2 amide bonds. The smallest absolute Gasteiger partial charge is 0.416 e. The molecule has 1 aliphatic heterocycles. The molecule has 22 heavy (non-hydrogen) atoms. The second-order valence-corrected chi connectivity index (χ2v) is 5.46. The van der Waals surface area contributed by atoms with Gasteiger partial charge in [-0.3, -0.25) is 9.18 Å². The summed E-state index contributed by atoms with van der Waals surface area (Å²) in [6.07, 6.45) is -1.45. The van der Waals surface area contributed by atoms with Crippen LogP contribution in [0.25, 0.3) is 0 Å². The van der Waals surface area contributed by atoms with Gasteiger partial charge in [0.05, 0.1) is 24.7 Å². The molecule has 2 rings (SSSR count). The molecule has 0 saturated carbocycles. The van der Waals surface area contributed by atoms with Gasteiger partial charge in [0, 0.05) is 6.42 Å². The maximum absolute atomic E-state index is 12.4. The van der Waals surface area contributed by atoms with Gasteiger partial charge in [-0.1, -0.05) is 37.3 Å². The van der Waals surface area contributed by atoms with Crippen LogP contribution >= 0.6 is 0 Å². The fourth-order valence-corrected chi connectivity index (χ4v) is 2.51. The van der Waals surface area contributed by atoms with Gasteiger partial charge < -0.3 is 9.84 Å². The number of alkyl halides is 1. The van der Waals surface area contributed by atoms with Crippen LogP contribution in [0.5, 0.6) is 0 Å². The van der Waals surface area contributed by atoms with Crippen molar-refractivity contribution in [2.24, 2.45) is 5.92 Å². The van der Waals surface area contributed by atoms with Crippen molar-refractivity contribution in [3.05, 3.63) is 35.9 Å². The van der Waals surface area contributed by atoms with Gasteiger partial charge in [0.2, 0.25) is 5.91 Å². The number of halogens is 1. The highest BCUT2D eigenvalue weighted by molar-refractivity contribution is 5.94. The second kappa shape index (κ2) is 7.35. The van der Waals surface area contributed by atoms with E-state index in [1.807, 2.05) is 30.3 Å². The van der Waals surface area contributed by atoms with Crippen molar-refractivity contribution in [3.8, 4) is 0 Å². The van der Waals surface area contributed by atoms with E-state index in [9.17, 15) is 19.1 Å². The van der Waals surface area contributed by atoms with Crippen molar-refractivity contribution in [2.45, 2.75) is 31.9 Å². The Balaban J connectivity index is 2.09. The lowest BCUT2D eigenvalue weighted by Crippen LogP contribution is -2.45. The number of carbonyl (C=O) groups excluding carboxylic acids is 2. The molecular weight excluding hydrogens is 289 g/mol. The Labute approximate surface area is 128 Å². The van der Waals surface area contributed by atoms with E-state index in [1.54, 1.807) is 0 Å². The number of hydrogen-bond acceptors (Lipinski definition) is 4. The zero-order valence-electron chi connectivity index (χ0n) is 12.4. The third-order valence-corrected chi connectivity index (χ3v) is 3.88.